The van der Waals surface area contributed by atoms with Crippen molar-refractivity contribution < 1.29 is 19.2 Å². The van der Waals surface area contributed by atoms with Crippen LogP contribution in [0, 0.1) is 0 Å². The van der Waals surface area contributed by atoms with Gasteiger partial charge in [0.15, 0.2) is 12.6 Å². The monoisotopic (exact) mass is 848 g/mol. The highest BCUT2D eigenvalue weighted by atomic mass is 79.9. The summed E-state index contributed by atoms with van der Waals surface area (Å²) in [4.78, 5) is 48.3. The summed E-state index contributed by atoms with van der Waals surface area (Å²) >= 11 is 9.88. The van der Waals surface area contributed by atoms with Crippen LogP contribution >= 0.6 is 47.8 Å². The van der Waals surface area contributed by atoms with Gasteiger partial charge in [-0.15, -0.1) is 0 Å². The third-order valence-electron chi connectivity index (χ3n) is 8.84. The van der Waals surface area contributed by atoms with Crippen molar-refractivity contribution >= 4 is 89.2 Å². The Morgan fingerprint density at radius 1 is 0.612 bits per heavy atom. The molecule has 3 N–H and O–H groups in total. The van der Waals surface area contributed by atoms with Gasteiger partial charge in [-0.3, -0.25) is 19.2 Å². The van der Waals surface area contributed by atoms with Crippen LogP contribution in [0.2, 0.25) is 0 Å². The van der Waals surface area contributed by atoms with Crippen LogP contribution in [0.1, 0.15) is 90.1 Å². The number of nitrogens with zero attached hydrogens (tertiary/aromatic N) is 1. The zero-order valence-corrected chi connectivity index (χ0v) is 31.4. The molecule has 2 heterocycles. The van der Waals surface area contributed by atoms with Crippen LogP contribution < -0.4 is 20.9 Å². The average molecular weight is 851 g/mol. The van der Waals surface area contributed by atoms with Crippen molar-refractivity contribution in [3.05, 3.63) is 120 Å². The van der Waals surface area contributed by atoms with Gasteiger partial charge in [-0.05, 0) is 113 Å². The maximum Gasteiger partial charge on any atom is 0.260 e. The van der Waals surface area contributed by atoms with Crippen LogP contribution in [0.3, 0.4) is 0 Å². The summed E-state index contributed by atoms with van der Waals surface area (Å²) in [6.07, 6.45) is 6.67. The molecule has 4 aromatic rings. The van der Waals surface area contributed by atoms with E-state index in [1.807, 2.05) is 48.5 Å². The van der Waals surface area contributed by atoms with E-state index < -0.39 is 0 Å². The Kier molecular flexibility index (Phi) is 11.3. The molecule has 8 nitrogen and oxygen atoms in total. The quantitative estimate of drug-likeness (QED) is 0.173. The van der Waals surface area contributed by atoms with Crippen LogP contribution in [0.15, 0.2) is 86.2 Å². The molecule has 0 aromatic heterocycles. The summed E-state index contributed by atoms with van der Waals surface area (Å²) in [7, 11) is 0. The SMILES string of the molecule is O=C1NCCNc2cc(C3CC3)ccc21.O=Cc1c(Br)cccc1Br.O=Cc1c(Br)cccc1N1CCNc2cc(C3CC3)ccc2C1=O. The molecule has 2 aliphatic heterocycles. The molecule has 4 aromatic carbocycles. The van der Waals surface area contributed by atoms with Gasteiger partial charge >= 0.3 is 0 Å². The predicted octanol–water partition coefficient (Wildman–Crippen LogP) is 8.95. The van der Waals surface area contributed by atoms with Crippen molar-refractivity contribution in [1.82, 2.24) is 5.32 Å². The molecule has 11 heteroatoms. The third kappa shape index (κ3) is 8.33. The van der Waals surface area contributed by atoms with Crippen LogP contribution in [-0.4, -0.2) is 50.6 Å². The second-order valence-electron chi connectivity index (χ2n) is 12.3. The minimum absolute atomic E-state index is 0.0392. The van der Waals surface area contributed by atoms with Crippen LogP contribution in [0.5, 0.6) is 0 Å². The molecule has 2 amide bonds. The zero-order chi connectivity index (χ0) is 34.5. The number of hydrogen-bond acceptors (Lipinski definition) is 6. The Hall–Kier alpha value is -3.80. The number of nitrogens with one attached hydrogen (secondary N) is 3. The van der Waals surface area contributed by atoms with Gasteiger partial charge in [-0.25, -0.2) is 0 Å². The van der Waals surface area contributed by atoms with E-state index in [1.54, 1.807) is 4.90 Å². The number of rotatable bonds is 5. The fourth-order valence-corrected chi connectivity index (χ4v) is 7.53. The lowest BCUT2D eigenvalue weighted by Crippen LogP contribution is -2.33. The van der Waals surface area contributed by atoms with Crippen LogP contribution in [0.25, 0.3) is 0 Å². The number of carbonyl (C=O) groups excluding carboxylic acids is 4. The molecular formula is C38H35Br3N4O4. The van der Waals surface area contributed by atoms with Gasteiger partial charge < -0.3 is 20.9 Å². The molecule has 2 saturated carbocycles. The molecule has 8 rings (SSSR count). The molecule has 2 aliphatic carbocycles. The van der Waals surface area contributed by atoms with E-state index in [0.29, 0.717) is 52.4 Å². The largest absolute Gasteiger partial charge is 0.383 e. The minimum atomic E-state index is -0.0708. The number of anilines is 3. The van der Waals surface area contributed by atoms with Crippen LogP contribution in [0.4, 0.5) is 17.1 Å². The summed E-state index contributed by atoms with van der Waals surface area (Å²) < 4.78 is 2.33. The summed E-state index contributed by atoms with van der Waals surface area (Å²) in [6, 6.07) is 23.2. The van der Waals surface area contributed by atoms with Crippen LogP contribution in [-0.2, 0) is 0 Å². The average Bonchev–Trinajstić information content (AvgIpc) is 4.00. The van der Waals surface area contributed by atoms with Crippen molar-refractivity contribution in [2.24, 2.45) is 0 Å². The molecule has 252 valence electrons. The summed E-state index contributed by atoms with van der Waals surface area (Å²) in [5, 5.41) is 9.53. The molecule has 2 fully saturated rings. The Bertz CT molecular complexity index is 1890. The van der Waals surface area contributed by atoms with Crippen molar-refractivity contribution in [3.63, 3.8) is 0 Å². The summed E-state index contributed by atoms with van der Waals surface area (Å²) in [6.45, 7) is 2.68. The highest BCUT2D eigenvalue weighted by Crippen LogP contribution is 2.42. The number of amides is 2. The van der Waals surface area contributed by atoms with E-state index >= 15 is 0 Å². The fourth-order valence-electron chi connectivity index (χ4n) is 5.89. The Balaban J connectivity index is 0.000000142. The molecule has 0 bridgehead atoms. The van der Waals surface area contributed by atoms with Gasteiger partial charge in [0, 0.05) is 56.5 Å². The minimum Gasteiger partial charge on any atom is -0.383 e. The Labute approximate surface area is 310 Å². The lowest BCUT2D eigenvalue weighted by molar-refractivity contribution is 0.0955. The number of carbonyl (C=O) groups is 4. The van der Waals surface area contributed by atoms with Gasteiger partial charge in [-0.2, -0.15) is 0 Å². The van der Waals surface area contributed by atoms with E-state index in [2.05, 4.69) is 88.0 Å². The normalized spacial score (nSPS) is 16.3. The zero-order valence-electron chi connectivity index (χ0n) is 26.6. The number of halogens is 3. The van der Waals surface area contributed by atoms with Gasteiger partial charge in [0.2, 0.25) is 0 Å². The van der Waals surface area contributed by atoms with Gasteiger partial charge in [0.25, 0.3) is 11.8 Å². The van der Waals surface area contributed by atoms with E-state index in [9.17, 15) is 19.2 Å². The number of fused-ring (bicyclic) bond motifs is 2. The van der Waals surface area contributed by atoms with E-state index in [4.69, 9.17) is 0 Å². The number of hydrogen-bond donors (Lipinski definition) is 3. The Morgan fingerprint density at radius 2 is 1.12 bits per heavy atom. The summed E-state index contributed by atoms with van der Waals surface area (Å²) in [5.74, 6) is 1.36. The first-order valence-corrected chi connectivity index (χ1v) is 18.7. The second-order valence-corrected chi connectivity index (χ2v) is 14.8. The Morgan fingerprint density at radius 3 is 1.69 bits per heavy atom. The standard InChI is InChI=1S/C19H17BrN2O2.C12H14N2O.C7H4Br2O/c20-16-2-1-3-18(15(16)11-23)22-9-8-21-17-10-13(12-4-5-12)6-7-14(17)19(22)24;15-12-10-4-3-9(8-1-2-8)7-11(10)13-5-6-14-12;8-6-2-1-3-7(9)5(6)4-10/h1-3,6-7,10-12,21H,4-5,8-9H2;3-4,7-8,13H,1-2,5-6H2,(H,14,15);1-4H. The first kappa shape index (κ1) is 35.0. The molecule has 0 saturated heterocycles. The highest BCUT2D eigenvalue weighted by Gasteiger charge is 2.29. The molecule has 4 aliphatic rings. The van der Waals surface area contributed by atoms with Crippen molar-refractivity contribution in [2.45, 2.75) is 37.5 Å². The molecular weight excluding hydrogens is 816 g/mol. The summed E-state index contributed by atoms with van der Waals surface area (Å²) in [5.41, 5.74) is 7.81. The molecule has 0 radical (unpaired) electrons. The number of benzene rings is 4. The van der Waals surface area contributed by atoms with E-state index in [1.165, 1.54) is 36.8 Å². The third-order valence-corrected chi connectivity index (χ3v) is 10.9. The van der Waals surface area contributed by atoms with Gasteiger partial charge in [0.1, 0.15) is 0 Å². The van der Waals surface area contributed by atoms with Crippen molar-refractivity contribution in [2.75, 3.05) is 41.7 Å². The smallest absolute Gasteiger partial charge is 0.260 e. The second kappa shape index (κ2) is 15.8. The lowest BCUT2D eigenvalue weighted by atomic mass is 10.0. The van der Waals surface area contributed by atoms with Crippen molar-refractivity contribution in [1.29, 1.82) is 0 Å². The maximum atomic E-state index is 13.1. The lowest BCUT2D eigenvalue weighted by Gasteiger charge is -2.22. The topological polar surface area (TPSA) is 108 Å². The molecule has 0 atom stereocenters. The maximum absolute atomic E-state index is 13.1. The first-order chi connectivity index (χ1) is 23.8. The fraction of sp³-hybridized carbons (Fsp3) is 0.263. The van der Waals surface area contributed by atoms with E-state index in [0.717, 1.165) is 50.9 Å². The van der Waals surface area contributed by atoms with Crippen molar-refractivity contribution in [3.8, 4) is 0 Å². The molecule has 0 spiro atoms. The number of aldehydes is 2. The predicted molar refractivity (Wildman–Crippen MR) is 205 cm³/mol. The first-order valence-electron chi connectivity index (χ1n) is 16.3. The van der Waals surface area contributed by atoms with Gasteiger partial charge in [0.05, 0.1) is 22.4 Å². The van der Waals surface area contributed by atoms with E-state index in [-0.39, 0.29) is 11.8 Å². The molecule has 0 unspecified atom stereocenters. The molecule has 49 heavy (non-hydrogen) atoms. The highest BCUT2D eigenvalue weighted by molar-refractivity contribution is 9.11. The van der Waals surface area contributed by atoms with Gasteiger partial charge in [-0.1, -0.05) is 56.1 Å².